The highest BCUT2D eigenvalue weighted by Crippen LogP contribution is 2.18. The van der Waals surface area contributed by atoms with Crippen LogP contribution in [0.1, 0.15) is 22.7 Å². The molecular formula is C15H16ClN. The van der Waals surface area contributed by atoms with Crippen LogP contribution in [0.25, 0.3) is 0 Å². The molecule has 1 unspecified atom stereocenters. The molecule has 1 atom stereocenters. The molecule has 0 fully saturated rings. The first-order valence-corrected chi connectivity index (χ1v) is 6.09. The largest absolute Gasteiger partial charge is 0.324 e. The lowest BCUT2D eigenvalue weighted by molar-refractivity contribution is 0.722. The molecule has 2 aromatic rings. The van der Waals surface area contributed by atoms with Gasteiger partial charge in [0.25, 0.3) is 0 Å². The molecule has 0 saturated carbocycles. The predicted octanol–water partition coefficient (Wildman–Crippen LogP) is 3.89. The van der Waals surface area contributed by atoms with E-state index in [1.165, 1.54) is 11.1 Å². The first kappa shape index (κ1) is 12.2. The summed E-state index contributed by atoms with van der Waals surface area (Å²) in [7, 11) is 0. The number of hydrogen-bond acceptors (Lipinski definition) is 1. The maximum atomic E-state index is 6.17. The Kier molecular flexibility index (Phi) is 3.82. The van der Waals surface area contributed by atoms with Gasteiger partial charge in [-0.05, 0) is 36.6 Å². The highest BCUT2D eigenvalue weighted by atomic mass is 35.5. The van der Waals surface area contributed by atoms with Crippen molar-refractivity contribution in [1.29, 1.82) is 0 Å². The second-order valence-corrected chi connectivity index (χ2v) is 4.78. The summed E-state index contributed by atoms with van der Waals surface area (Å²) in [6, 6.07) is 16.2. The molecule has 0 aliphatic heterocycles. The van der Waals surface area contributed by atoms with Crippen LogP contribution in [0, 0.1) is 6.92 Å². The number of halogens is 1. The summed E-state index contributed by atoms with van der Waals surface area (Å²) in [5.41, 5.74) is 9.83. The van der Waals surface area contributed by atoms with Crippen molar-refractivity contribution < 1.29 is 0 Å². The Balaban J connectivity index is 2.08. The minimum atomic E-state index is 0.0231. The van der Waals surface area contributed by atoms with E-state index in [4.69, 9.17) is 17.3 Å². The number of nitrogens with two attached hydrogens (primary N) is 1. The zero-order valence-electron chi connectivity index (χ0n) is 9.86. The molecule has 0 bridgehead atoms. The molecule has 0 heterocycles. The average molecular weight is 246 g/mol. The second-order valence-electron chi connectivity index (χ2n) is 4.35. The van der Waals surface area contributed by atoms with Crippen LogP contribution in [0.4, 0.5) is 0 Å². The van der Waals surface area contributed by atoms with E-state index in [0.717, 1.165) is 17.0 Å². The van der Waals surface area contributed by atoms with Gasteiger partial charge in [0.1, 0.15) is 0 Å². The third-order valence-electron chi connectivity index (χ3n) is 2.87. The smallest absolute Gasteiger partial charge is 0.0406 e. The Labute approximate surface area is 107 Å². The van der Waals surface area contributed by atoms with E-state index in [1.807, 2.05) is 24.3 Å². The lowest BCUT2D eigenvalue weighted by Gasteiger charge is -2.12. The van der Waals surface area contributed by atoms with Gasteiger partial charge in [-0.3, -0.25) is 0 Å². The van der Waals surface area contributed by atoms with Crippen molar-refractivity contribution in [3.05, 3.63) is 70.2 Å². The van der Waals surface area contributed by atoms with Crippen molar-refractivity contribution in [1.82, 2.24) is 0 Å². The molecule has 2 N–H and O–H groups in total. The number of benzene rings is 2. The van der Waals surface area contributed by atoms with Crippen molar-refractivity contribution in [2.24, 2.45) is 5.73 Å². The zero-order valence-corrected chi connectivity index (χ0v) is 10.6. The number of hydrogen-bond donors (Lipinski definition) is 1. The van der Waals surface area contributed by atoms with Gasteiger partial charge in [0.15, 0.2) is 0 Å². The van der Waals surface area contributed by atoms with Crippen LogP contribution in [0.15, 0.2) is 48.5 Å². The summed E-state index contributed by atoms with van der Waals surface area (Å²) < 4.78 is 0. The standard InChI is InChI=1S/C15H16ClN/c1-11-2-4-12(5-3-11)10-15(17)13-6-8-14(16)9-7-13/h2-9,15H,10,17H2,1H3. The van der Waals surface area contributed by atoms with Gasteiger partial charge in [-0.2, -0.15) is 0 Å². The van der Waals surface area contributed by atoms with Gasteiger partial charge in [-0.1, -0.05) is 53.6 Å². The van der Waals surface area contributed by atoms with Gasteiger partial charge in [0.05, 0.1) is 0 Å². The van der Waals surface area contributed by atoms with Gasteiger partial charge in [-0.15, -0.1) is 0 Å². The molecule has 2 heteroatoms. The van der Waals surface area contributed by atoms with Crippen LogP contribution < -0.4 is 5.73 Å². The van der Waals surface area contributed by atoms with Crippen molar-refractivity contribution in [2.75, 3.05) is 0 Å². The Hall–Kier alpha value is -1.31. The topological polar surface area (TPSA) is 26.0 Å². The SMILES string of the molecule is Cc1ccc(CC(N)c2ccc(Cl)cc2)cc1. The lowest BCUT2D eigenvalue weighted by Crippen LogP contribution is -2.13. The first-order valence-electron chi connectivity index (χ1n) is 5.72. The highest BCUT2D eigenvalue weighted by molar-refractivity contribution is 6.30. The van der Waals surface area contributed by atoms with Gasteiger partial charge in [0, 0.05) is 11.1 Å². The summed E-state index contributed by atoms with van der Waals surface area (Å²) in [5, 5.41) is 0.747. The molecule has 0 amide bonds. The van der Waals surface area contributed by atoms with E-state index >= 15 is 0 Å². The Morgan fingerprint density at radius 3 is 2.18 bits per heavy atom. The fourth-order valence-electron chi connectivity index (χ4n) is 1.81. The average Bonchev–Trinajstić information content (AvgIpc) is 2.33. The molecule has 0 spiro atoms. The normalized spacial score (nSPS) is 12.4. The zero-order chi connectivity index (χ0) is 12.3. The van der Waals surface area contributed by atoms with Crippen LogP contribution in [0.5, 0.6) is 0 Å². The molecule has 2 rings (SSSR count). The molecule has 0 saturated heterocycles. The molecule has 1 nitrogen and oxygen atoms in total. The summed E-state index contributed by atoms with van der Waals surface area (Å²) >= 11 is 5.85. The summed E-state index contributed by atoms with van der Waals surface area (Å²) in [4.78, 5) is 0. The lowest BCUT2D eigenvalue weighted by atomic mass is 9.99. The summed E-state index contributed by atoms with van der Waals surface area (Å²) in [6.07, 6.45) is 0.849. The van der Waals surface area contributed by atoms with Crippen LogP contribution in [0.2, 0.25) is 5.02 Å². The van der Waals surface area contributed by atoms with E-state index in [-0.39, 0.29) is 6.04 Å². The second kappa shape index (κ2) is 5.35. The monoisotopic (exact) mass is 245 g/mol. The number of rotatable bonds is 3. The quantitative estimate of drug-likeness (QED) is 0.872. The van der Waals surface area contributed by atoms with Gasteiger partial charge < -0.3 is 5.73 Å². The first-order chi connectivity index (χ1) is 8.15. The van der Waals surface area contributed by atoms with Crippen LogP contribution in [-0.2, 0) is 6.42 Å². The minimum absolute atomic E-state index is 0.0231. The van der Waals surface area contributed by atoms with Crippen molar-refractivity contribution in [2.45, 2.75) is 19.4 Å². The van der Waals surface area contributed by atoms with E-state index in [2.05, 4.69) is 31.2 Å². The maximum Gasteiger partial charge on any atom is 0.0406 e. The molecule has 0 aliphatic rings. The Bertz CT molecular complexity index is 473. The van der Waals surface area contributed by atoms with E-state index in [0.29, 0.717) is 0 Å². The van der Waals surface area contributed by atoms with E-state index < -0.39 is 0 Å². The van der Waals surface area contributed by atoms with Crippen molar-refractivity contribution >= 4 is 11.6 Å². The van der Waals surface area contributed by atoms with Crippen molar-refractivity contribution in [3.8, 4) is 0 Å². The van der Waals surface area contributed by atoms with Gasteiger partial charge >= 0.3 is 0 Å². The summed E-state index contributed by atoms with van der Waals surface area (Å²) in [6.45, 7) is 2.09. The predicted molar refractivity (Wildman–Crippen MR) is 73.3 cm³/mol. The van der Waals surface area contributed by atoms with Crippen LogP contribution >= 0.6 is 11.6 Å². The van der Waals surface area contributed by atoms with Crippen LogP contribution in [0.3, 0.4) is 0 Å². The van der Waals surface area contributed by atoms with Gasteiger partial charge in [0.2, 0.25) is 0 Å². The third kappa shape index (κ3) is 3.32. The molecule has 17 heavy (non-hydrogen) atoms. The third-order valence-corrected chi connectivity index (χ3v) is 3.13. The molecule has 2 aromatic carbocycles. The van der Waals surface area contributed by atoms with Crippen molar-refractivity contribution in [3.63, 3.8) is 0 Å². The fraction of sp³-hybridized carbons (Fsp3) is 0.200. The Morgan fingerprint density at radius 2 is 1.59 bits per heavy atom. The molecular weight excluding hydrogens is 230 g/mol. The molecule has 88 valence electrons. The maximum absolute atomic E-state index is 6.17. The minimum Gasteiger partial charge on any atom is -0.324 e. The highest BCUT2D eigenvalue weighted by Gasteiger charge is 2.06. The summed E-state index contributed by atoms with van der Waals surface area (Å²) in [5.74, 6) is 0. The molecule has 0 aliphatic carbocycles. The van der Waals surface area contributed by atoms with E-state index in [1.54, 1.807) is 0 Å². The van der Waals surface area contributed by atoms with E-state index in [9.17, 15) is 0 Å². The Morgan fingerprint density at radius 1 is 1.00 bits per heavy atom. The molecule has 0 aromatic heterocycles. The van der Waals surface area contributed by atoms with Crippen LogP contribution in [-0.4, -0.2) is 0 Å². The molecule has 0 radical (unpaired) electrons. The van der Waals surface area contributed by atoms with Gasteiger partial charge in [-0.25, -0.2) is 0 Å². The fourth-order valence-corrected chi connectivity index (χ4v) is 1.93. The number of aryl methyl sites for hydroxylation is 1.